The van der Waals surface area contributed by atoms with Crippen LogP contribution in [0.5, 0.6) is 0 Å². The Balaban J connectivity index is 1.88. The van der Waals surface area contributed by atoms with E-state index in [-0.39, 0.29) is 22.2 Å². The highest BCUT2D eigenvalue weighted by molar-refractivity contribution is 8.03. The van der Waals surface area contributed by atoms with Crippen LogP contribution in [0.4, 0.5) is 0 Å². The summed E-state index contributed by atoms with van der Waals surface area (Å²) in [6.45, 7) is 0. The number of rotatable bonds is 4. The minimum Gasteiger partial charge on any atom is -0.493 e. The number of tetrazole rings is 1. The molecule has 0 spiro atoms. The summed E-state index contributed by atoms with van der Waals surface area (Å²) in [5, 5.41) is 11.8. The lowest BCUT2D eigenvalue weighted by Crippen LogP contribution is -2.13. The molecule has 0 fully saturated rings. The van der Waals surface area contributed by atoms with Gasteiger partial charge < -0.3 is 4.74 Å². The predicted octanol–water partition coefficient (Wildman–Crippen LogP) is 1.32. The van der Waals surface area contributed by atoms with E-state index in [0.29, 0.717) is 5.16 Å². The molecule has 1 aromatic carbocycles. The lowest BCUT2D eigenvalue weighted by Gasteiger charge is -2.10. The van der Waals surface area contributed by atoms with Crippen LogP contribution in [0, 0.1) is 0 Å². The van der Waals surface area contributed by atoms with Crippen LogP contribution in [-0.4, -0.2) is 38.9 Å². The fraction of sp³-hybridized carbons (Fsp3) is 0.0714. The number of ketones is 2. The van der Waals surface area contributed by atoms with Crippen LogP contribution in [0.2, 0.25) is 0 Å². The molecule has 3 rings (SSSR count). The van der Waals surface area contributed by atoms with Crippen LogP contribution in [-0.2, 0) is 14.3 Å². The van der Waals surface area contributed by atoms with E-state index in [1.165, 1.54) is 23.9 Å². The Kier molecular flexibility index (Phi) is 3.84. The molecule has 1 aliphatic carbocycles. The summed E-state index contributed by atoms with van der Waals surface area (Å²) in [5.41, 5.74) is 0.762. The SMILES string of the molecule is COC1=CC(=O)C(Sc2nnnn2-c2ccccc2)=CC1=O. The molecule has 8 heteroatoms. The van der Waals surface area contributed by atoms with Crippen LogP contribution in [0.15, 0.2) is 58.3 Å². The van der Waals surface area contributed by atoms with Gasteiger partial charge in [0.15, 0.2) is 11.5 Å². The maximum atomic E-state index is 12.0. The van der Waals surface area contributed by atoms with E-state index in [4.69, 9.17) is 4.74 Å². The van der Waals surface area contributed by atoms with Crippen molar-refractivity contribution < 1.29 is 14.3 Å². The van der Waals surface area contributed by atoms with Crippen LogP contribution in [0.25, 0.3) is 5.69 Å². The first kappa shape index (κ1) is 14.2. The van der Waals surface area contributed by atoms with Crippen molar-refractivity contribution in [2.24, 2.45) is 0 Å². The number of ether oxygens (including phenoxy) is 1. The third-order valence-corrected chi connectivity index (χ3v) is 3.85. The van der Waals surface area contributed by atoms with Gasteiger partial charge in [-0.3, -0.25) is 9.59 Å². The first-order valence-corrected chi connectivity index (χ1v) is 7.08. The molecular weight excluding hydrogens is 304 g/mol. The van der Waals surface area contributed by atoms with E-state index in [9.17, 15) is 9.59 Å². The van der Waals surface area contributed by atoms with E-state index < -0.39 is 0 Å². The minimum atomic E-state index is -0.358. The molecule has 0 atom stereocenters. The highest BCUT2D eigenvalue weighted by Gasteiger charge is 2.23. The van der Waals surface area contributed by atoms with Crippen LogP contribution in [0.3, 0.4) is 0 Å². The number of methoxy groups -OCH3 is 1. The van der Waals surface area contributed by atoms with Gasteiger partial charge in [0.05, 0.1) is 17.7 Å². The zero-order chi connectivity index (χ0) is 15.5. The van der Waals surface area contributed by atoms with Gasteiger partial charge in [0.1, 0.15) is 0 Å². The first-order valence-electron chi connectivity index (χ1n) is 6.27. The lowest BCUT2D eigenvalue weighted by molar-refractivity contribution is -0.117. The number of benzene rings is 1. The maximum absolute atomic E-state index is 12.0. The van der Waals surface area contributed by atoms with Crippen LogP contribution < -0.4 is 0 Å². The summed E-state index contributed by atoms with van der Waals surface area (Å²) < 4.78 is 6.34. The van der Waals surface area contributed by atoms with E-state index in [2.05, 4.69) is 15.5 Å². The van der Waals surface area contributed by atoms with E-state index in [1.54, 1.807) is 0 Å². The highest BCUT2D eigenvalue weighted by Crippen LogP contribution is 2.29. The zero-order valence-electron chi connectivity index (χ0n) is 11.5. The summed E-state index contributed by atoms with van der Waals surface area (Å²) >= 11 is 1.03. The third kappa shape index (κ3) is 2.68. The molecule has 110 valence electrons. The van der Waals surface area contributed by atoms with Crippen molar-refractivity contribution in [1.82, 2.24) is 20.2 Å². The molecule has 0 N–H and O–H groups in total. The average molecular weight is 314 g/mol. The number of carbonyl (C=O) groups is 2. The Morgan fingerprint density at radius 1 is 1.09 bits per heavy atom. The molecular formula is C14H10N4O3S. The van der Waals surface area contributed by atoms with Gasteiger partial charge in [-0.25, -0.2) is 0 Å². The zero-order valence-corrected chi connectivity index (χ0v) is 12.3. The second-order valence-electron chi connectivity index (χ2n) is 4.26. The number of nitrogens with zero attached hydrogens (tertiary/aromatic N) is 4. The maximum Gasteiger partial charge on any atom is 0.221 e. The Morgan fingerprint density at radius 3 is 2.59 bits per heavy atom. The molecule has 0 saturated heterocycles. The van der Waals surface area contributed by atoms with Crippen molar-refractivity contribution in [3.05, 3.63) is 53.1 Å². The van der Waals surface area contributed by atoms with E-state index in [0.717, 1.165) is 17.4 Å². The van der Waals surface area contributed by atoms with Gasteiger partial charge in [-0.1, -0.05) is 18.2 Å². The second kappa shape index (κ2) is 5.94. The van der Waals surface area contributed by atoms with Gasteiger partial charge in [0.25, 0.3) is 0 Å². The van der Waals surface area contributed by atoms with Gasteiger partial charge in [-0.15, -0.1) is 5.10 Å². The van der Waals surface area contributed by atoms with Crippen molar-refractivity contribution >= 4 is 23.3 Å². The molecule has 1 aromatic heterocycles. The fourth-order valence-corrected chi connectivity index (χ4v) is 2.66. The van der Waals surface area contributed by atoms with Crippen molar-refractivity contribution in [2.75, 3.05) is 7.11 Å². The lowest BCUT2D eigenvalue weighted by atomic mass is 10.1. The fourth-order valence-electron chi connectivity index (χ4n) is 1.83. The number of thioether (sulfide) groups is 1. The Bertz CT molecular complexity index is 795. The Labute approximate surface area is 129 Å². The Morgan fingerprint density at radius 2 is 1.86 bits per heavy atom. The van der Waals surface area contributed by atoms with Gasteiger partial charge in [-0.2, -0.15) is 4.68 Å². The number of hydrogen-bond donors (Lipinski definition) is 0. The molecule has 0 amide bonds. The van der Waals surface area contributed by atoms with Gasteiger partial charge in [0.2, 0.25) is 10.9 Å². The average Bonchev–Trinajstić information content (AvgIpc) is 2.99. The number of hydrogen-bond acceptors (Lipinski definition) is 7. The van der Waals surface area contributed by atoms with Crippen molar-refractivity contribution in [3.8, 4) is 5.69 Å². The molecule has 0 radical (unpaired) electrons. The number of carbonyl (C=O) groups excluding carboxylic acids is 2. The topological polar surface area (TPSA) is 87.0 Å². The summed E-state index contributed by atoms with van der Waals surface area (Å²) in [4.78, 5) is 24.0. The smallest absolute Gasteiger partial charge is 0.221 e. The van der Waals surface area contributed by atoms with Crippen molar-refractivity contribution in [2.45, 2.75) is 5.16 Å². The quantitative estimate of drug-likeness (QED) is 0.786. The van der Waals surface area contributed by atoms with E-state index in [1.807, 2.05) is 30.3 Å². The standard InChI is InChI=1S/C14H10N4O3S/c1-21-12-7-11(20)13(8-10(12)19)22-14-15-16-17-18(14)9-5-3-2-4-6-9/h2-8H,1H3. The molecule has 22 heavy (non-hydrogen) atoms. The summed E-state index contributed by atoms with van der Waals surface area (Å²) in [6.07, 6.45) is 2.40. The number of para-hydroxylation sites is 1. The summed E-state index contributed by atoms with van der Waals surface area (Å²) in [5.74, 6) is -0.649. The predicted molar refractivity (Wildman–Crippen MR) is 78.2 cm³/mol. The summed E-state index contributed by atoms with van der Waals surface area (Å²) in [6, 6.07) is 9.27. The largest absolute Gasteiger partial charge is 0.493 e. The van der Waals surface area contributed by atoms with Crippen molar-refractivity contribution in [3.63, 3.8) is 0 Å². The molecule has 1 aliphatic rings. The second-order valence-corrected chi connectivity index (χ2v) is 5.27. The van der Waals surface area contributed by atoms with Crippen molar-refractivity contribution in [1.29, 1.82) is 0 Å². The Hall–Kier alpha value is -2.74. The monoisotopic (exact) mass is 314 g/mol. The summed E-state index contributed by atoms with van der Waals surface area (Å²) in [7, 11) is 1.35. The molecule has 0 bridgehead atoms. The molecule has 1 heterocycles. The van der Waals surface area contributed by atoms with Crippen LogP contribution >= 0.6 is 11.8 Å². The number of aromatic nitrogens is 4. The molecule has 2 aromatic rings. The van der Waals surface area contributed by atoms with Gasteiger partial charge in [-0.05, 0) is 34.3 Å². The molecule has 7 nitrogen and oxygen atoms in total. The van der Waals surface area contributed by atoms with Crippen LogP contribution in [0.1, 0.15) is 0 Å². The normalized spacial score (nSPS) is 14.6. The van der Waals surface area contributed by atoms with E-state index >= 15 is 0 Å². The number of allylic oxidation sites excluding steroid dienone is 3. The first-order chi connectivity index (χ1) is 10.7. The van der Waals surface area contributed by atoms with Gasteiger partial charge >= 0.3 is 0 Å². The third-order valence-electron chi connectivity index (χ3n) is 2.87. The minimum absolute atomic E-state index is 0.0250. The highest BCUT2D eigenvalue weighted by atomic mass is 32.2. The molecule has 0 aliphatic heterocycles. The van der Waals surface area contributed by atoms with Gasteiger partial charge in [0, 0.05) is 12.2 Å². The molecule has 0 unspecified atom stereocenters. The molecule has 0 saturated carbocycles.